The molecule has 4 aromatic rings. The molecule has 0 aliphatic carbocycles. The van der Waals surface area contributed by atoms with E-state index in [2.05, 4.69) is 31.0 Å². The maximum Gasteiger partial charge on any atom is 0.271 e. The quantitative estimate of drug-likeness (QED) is 0.629. The summed E-state index contributed by atoms with van der Waals surface area (Å²) in [4.78, 5) is 20.0. The third-order valence-electron chi connectivity index (χ3n) is 3.34. The average molecular weight is 310 g/mol. The fraction of sp³-hybridized carbons (Fsp3) is 0.0667. The van der Waals surface area contributed by atoms with E-state index in [9.17, 15) is 4.79 Å². The first-order chi connectivity index (χ1) is 10.8. The van der Waals surface area contributed by atoms with Crippen LogP contribution in [-0.4, -0.2) is 20.3 Å². The minimum absolute atomic E-state index is 0.266. The largest absolute Gasteiger partial charge is 0.299 e. The van der Waals surface area contributed by atoms with Crippen molar-refractivity contribution in [3.8, 4) is 10.4 Å². The number of fused-ring (bicyclic) bond motifs is 1. The van der Waals surface area contributed by atoms with Crippen molar-refractivity contribution in [1.29, 1.82) is 0 Å². The van der Waals surface area contributed by atoms with Crippen molar-refractivity contribution in [2.75, 3.05) is 0 Å². The second-order valence-electron chi connectivity index (χ2n) is 4.80. The van der Waals surface area contributed by atoms with E-state index >= 15 is 0 Å². The normalized spacial score (nSPS) is 11.1. The van der Waals surface area contributed by atoms with Crippen molar-refractivity contribution < 1.29 is 4.63 Å². The summed E-state index contributed by atoms with van der Waals surface area (Å²) < 4.78 is 4.55. The minimum atomic E-state index is -0.273. The number of aromatic amines is 1. The van der Waals surface area contributed by atoms with Gasteiger partial charge >= 0.3 is 0 Å². The molecule has 0 aliphatic heterocycles. The Balaban J connectivity index is 1.64. The summed E-state index contributed by atoms with van der Waals surface area (Å²) in [5, 5.41) is 9.26. The highest BCUT2D eigenvalue weighted by Gasteiger charge is 2.09. The lowest BCUT2D eigenvalue weighted by Gasteiger charge is -2.02. The van der Waals surface area contributed by atoms with E-state index in [0.717, 1.165) is 11.1 Å². The summed E-state index contributed by atoms with van der Waals surface area (Å²) in [7, 11) is 0. The zero-order valence-electron chi connectivity index (χ0n) is 11.3. The highest BCUT2D eigenvalue weighted by molar-refractivity contribution is 7.13. The summed E-state index contributed by atoms with van der Waals surface area (Å²) in [6, 6.07) is 12.2. The van der Waals surface area contributed by atoms with E-state index in [1.54, 1.807) is 11.3 Å². The molecule has 7 heteroatoms. The third kappa shape index (κ3) is 2.31. The van der Waals surface area contributed by atoms with Crippen LogP contribution in [0.1, 0.15) is 11.3 Å². The molecule has 1 aromatic carbocycles. The fourth-order valence-electron chi connectivity index (χ4n) is 2.24. The second kappa shape index (κ2) is 5.19. The number of hydrogen-bond acceptors (Lipinski definition) is 6. The molecule has 22 heavy (non-hydrogen) atoms. The lowest BCUT2D eigenvalue weighted by molar-refractivity contribution is 0.314. The lowest BCUT2D eigenvalue weighted by atomic mass is 10.1. The number of aromatic nitrogens is 4. The fourth-order valence-corrected chi connectivity index (χ4v) is 2.97. The van der Waals surface area contributed by atoms with E-state index in [-0.39, 0.29) is 11.2 Å². The van der Waals surface area contributed by atoms with Gasteiger partial charge in [-0.25, -0.2) is 9.61 Å². The van der Waals surface area contributed by atoms with Gasteiger partial charge < -0.3 is 0 Å². The molecule has 0 aliphatic rings. The number of hydrogen-bond donors (Lipinski definition) is 1. The Morgan fingerprint density at radius 2 is 2.00 bits per heavy atom. The van der Waals surface area contributed by atoms with Crippen LogP contribution in [0.15, 0.2) is 51.2 Å². The van der Waals surface area contributed by atoms with Gasteiger partial charge in [0.15, 0.2) is 0 Å². The van der Waals surface area contributed by atoms with Crippen LogP contribution in [0.3, 0.4) is 0 Å². The number of benzene rings is 1. The van der Waals surface area contributed by atoms with Gasteiger partial charge in [0.25, 0.3) is 5.56 Å². The SMILES string of the molecule is O=c1[nH]c2nonc2nc1Cc1ccc(-c2cccs2)cc1. The molecule has 0 bridgehead atoms. The number of nitrogens with one attached hydrogen (secondary N) is 1. The molecule has 0 spiro atoms. The molecular formula is C15H10N4O2S. The van der Waals surface area contributed by atoms with Gasteiger partial charge in [0.2, 0.25) is 11.3 Å². The number of H-pyrrole nitrogens is 1. The van der Waals surface area contributed by atoms with Gasteiger partial charge in [-0.05, 0) is 32.9 Å². The van der Waals surface area contributed by atoms with Crippen LogP contribution in [0.2, 0.25) is 0 Å². The number of nitrogens with zero attached hydrogens (tertiary/aromatic N) is 3. The van der Waals surface area contributed by atoms with Crippen LogP contribution in [0.5, 0.6) is 0 Å². The molecule has 0 unspecified atom stereocenters. The van der Waals surface area contributed by atoms with Crippen molar-refractivity contribution in [2.45, 2.75) is 6.42 Å². The number of rotatable bonds is 3. The van der Waals surface area contributed by atoms with Crippen LogP contribution in [0.4, 0.5) is 0 Å². The summed E-state index contributed by atoms with van der Waals surface area (Å²) in [5.41, 5.74) is 2.87. The summed E-state index contributed by atoms with van der Waals surface area (Å²) in [6.45, 7) is 0. The van der Waals surface area contributed by atoms with E-state index in [0.29, 0.717) is 17.8 Å². The van der Waals surface area contributed by atoms with Crippen molar-refractivity contribution in [3.63, 3.8) is 0 Å². The first kappa shape index (κ1) is 12.9. The third-order valence-corrected chi connectivity index (χ3v) is 4.26. The smallest absolute Gasteiger partial charge is 0.271 e. The predicted octanol–water partition coefficient (Wildman–Crippen LogP) is 2.63. The first-order valence-electron chi connectivity index (χ1n) is 6.64. The summed E-state index contributed by atoms with van der Waals surface area (Å²) in [6.07, 6.45) is 0.433. The number of thiophene rings is 1. The van der Waals surface area contributed by atoms with Crippen LogP contribution in [-0.2, 0) is 6.42 Å². The van der Waals surface area contributed by atoms with E-state index in [4.69, 9.17) is 0 Å². The summed E-state index contributed by atoms with van der Waals surface area (Å²) >= 11 is 1.70. The van der Waals surface area contributed by atoms with Crippen LogP contribution >= 0.6 is 11.3 Å². The van der Waals surface area contributed by atoms with Crippen molar-refractivity contribution in [3.05, 3.63) is 63.4 Å². The van der Waals surface area contributed by atoms with Crippen molar-refractivity contribution in [2.24, 2.45) is 0 Å². The second-order valence-corrected chi connectivity index (χ2v) is 5.75. The Kier molecular flexibility index (Phi) is 3.05. The summed E-state index contributed by atoms with van der Waals surface area (Å²) in [5.74, 6) is 0. The zero-order valence-corrected chi connectivity index (χ0v) is 12.1. The van der Waals surface area contributed by atoms with Crippen molar-refractivity contribution >= 4 is 22.6 Å². The predicted molar refractivity (Wildman–Crippen MR) is 82.8 cm³/mol. The van der Waals surface area contributed by atoms with E-state index in [1.165, 1.54) is 4.88 Å². The molecule has 3 aromatic heterocycles. The average Bonchev–Trinajstić information content (AvgIpc) is 3.19. The molecule has 6 nitrogen and oxygen atoms in total. The van der Waals surface area contributed by atoms with Crippen molar-refractivity contribution in [1.82, 2.24) is 20.3 Å². The molecule has 3 heterocycles. The van der Waals surface area contributed by atoms with Gasteiger partial charge in [-0.3, -0.25) is 9.78 Å². The Morgan fingerprint density at radius 1 is 1.14 bits per heavy atom. The minimum Gasteiger partial charge on any atom is -0.299 e. The molecule has 0 atom stereocenters. The molecule has 108 valence electrons. The maximum atomic E-state index is 12.0. The Labute approximate surface area is 128 Å². The van der Waals surface area contributed by atoms with E-state index in [1.807, 2.05) is 35.7 Å². The Hall–Kier alpha value is -2.80. The van der Waals surface area contributed by atoms with Gasteiger partial charge in [0.1, 0.15) is 5.69 Å². The van der Waals surface area contributed by atoms with E-state index < -0.39 is 0 Å². The molecule has 0 saturated carbocycles. The van der Waals surface area contributed by atoms with Crippen LogP contribution in [0, 0.1) is 0 Å². The topological polar surface area (TPSA) is 84.7 Å². The van der Waals surface area contributed by atoms with Gasteiger partial charge in [-0.2, -0.15) is 0 Å². The maximum absolute atomic E-state index is 12.0. The van der Waals surface area contributed by atoms with Crippen LogP contribution < -0.4 is 5.56 Å². The van der Waals surface area contributed by atoms with Gasteiger partial charge in [-0.15, -0.1) is 11.3 Å². The van der Waals surface area contributed by atoms with Gasteiger partial charge in [-0.1, -0.05) is 30.3 Å². The highest BCUT2D eigenvalue weighted by Crippen LogP contribution is 2.24. The standard InChI is InChI=1S/C15H10N4O2S/c20-15-11(16-13-14(17-15)19-21-18-13)8-9-3-5-10(6-4-9)12-2-1-7-22-12/h1-7H,8H2,(H,17,19,20). The monoisotopic (exact) mass is 310 g/mol. The first-order valence-corrected chi connectivity index (χ1v) is 7.52. The molecule has 4 rings (SSSR count). The highest BCUT2D eigenvalue weighted by atomic mass is 32.1. The zero-order chi connectivity index (χ0) is 14.9. The molecule has 0 radical (unpaired) electrons. The van der Waals surface area contributed by atoms with Gasteiger partial charge in [0.05, 0.1) is 0 Å². The Morgan fingerprint density at radius 3 is 2.77 bits per heavy atom. The van der Waals surface area contributed by atoms with Gasteiger partial charge in [0, 0.05) is 11.3 Å². The molecule has 0 fully saturated rings. The molecular weight excluding hydrogens is 300 g/mol. The van der Waals surface area contributed by atoms with Crippen LogP contribution in [0.25, 0.3) is 21.7 Å². The molecule has 1 N–H and O–H groups in total. The molecule has 0 amide bonds. The Bertz CT molecular complexity index is 971. The lowest BCUT2D eigenvalue weighted by Crippen LogP contribution is -2.15. The molecule has 0 saturated heterocycles.